The number of pyridine rings is 1. The third-order valence-corrected chi connectivity index (χ3v) is 5.46. The van der Waals surface area contributed by atoms with E-state index >= 15 is 0 Å². The van der Waals surface area contributed by atoms with Gasteiger partial charge in [0.25, 0.3) is 5.91 Å². The van der Waals surface area contributed by atoms with Gasteiger partial charge in [-0.05, 0) is 26.0 Å². The summed E-state index contributed by atoms with van der Waals surface area (Å²) in [5.41, 5.74) is 4.25. The van der Waals surface area contributed by atoms with Crippen molar-refractivity contribution in [2.24, 2.45) is 0 Å². The van der Waals surface area contributed by atoms with Gasteiger partial charge < -0.3 is 10.1 Å². The molecule has 3 aromatic rings. The van der Waals surface area contributed by atoms with Gasteiger partial charge in [0.05, 0.1) is 36.2 Å². The van der Waals surface area contributed by atoms with Crippen LogP contribution in [0, 0.1) is 6.92 Å². The van der Waals surface area contributed by atoms with Crippen molar-refractivity contribution in [2.75, 3.05) is 39.4 Å². The highest BCUT2D eigenvalue weighted by Gasteiger charge is 2.17. The summed E-state index contributed by atoms with van der Waals surface area (Å²) < 4.78 is 7.32. The maximum atomic E-state index is 13.0. The molecule has 1 saturated heterocycles. The Morgan fingerprint density at radius 2 is 2.03 bits per heavy atom. The number of carbonyl (C=O) groups excluding carboxylic acids is 1. The Hall–Kier alpha value is -2.77. The molecule has 7 nitrogen and oxygen atoms in total. The molecule has 0 saturated carbocycles. The summed E-state index contributed by atoms with van der Waals surface area (Å²) in [5.74, 6) is -0.0707. The van der Waals surface area contributed by atoms with E-state index in [-0.39, 0.29) is 5.91 Å². The molecule has 0 unspecified atom stereocenters. The number of fused-ring (bicyclic) bond motifs is 1. The number of hydrogen-bond acceptors (Lipinski definition) is 5. The molecule has 0 spiro atoms. The third-order valence-electron chi connectivity index (χ3n) is 5.46. The highest BCUT2D eigenvalue weighted by molar-refractivity contribution is 6.07. The first-order valence-corrected chi connectivity index (χ1v) is 10.2. The standard InChI is InChI=1S/C22H27N5O2/c1-3-27-16(2)19(15-24-27)21-14-18(17-6-4-5-7-20(17)25-21)22(28)23-8-9-26-10-12-29-13-11-26/h4-7,14-15H,3,8-13H2,1-2H3,(H,23,28). The van der Waals surface area contributed by atoms with Crippen LogP contribution in [-0.2, 0) is 11.3 Å². The summed E-state index contributed by atoms with van der Waals surface area (Å²) in [5, 5.41) is 8.37. The first-order valence-electron chi connectivity index (χ1n) is 10.2. The van der Waals surface area contributed by atoms with Crippen molar-refractivity contribution in [3.8, 4) is 11.3 Å². The minimum atomic E-state index is -0.0707. The SMILES string of the molecule is CCn1ncc(-c2cc(C(=O)NCCN3CCOCC3)c3ccccc3n2)c1C. The lowest BCUT2D eigenvalue weighted by Gasteiger charge is -2.26. The fourth-order valence-electron chi connectivity index (χ4n) is 3.77. The monoisotopic (exact) mass is 393 g/mol. The molecule has 1 aliphatic heterocycles. The number of rotatable bonds is 6. The van der Waals surface area contributed by atoms with E-state index in [1.54, 1.807) is 0 Å². The Morgan fingerprint density at radius 1 is 1.24 bits per heavy atom. The largest absolute Gasteiger partial charge is 0.379 e. The number of carbonyl (C=O) groups is 1. The number of aryl methyl sites for hydroxylation is 1. The number of hydrogen-bond donors (Lipinski definition) is 1. The molecule has 4 rings (SSSR count). The molecule has 1 aromatic carbocycles. The van der Waals surface area contributed by atoms with Crippen molar-refractivity contribution in [3.05, 3.63) is 47.8 Å². The summed E-state index contributed by atoms with van der Waals surface area (Å²) >= 11 is 0. The van der Waals surface area contributed by atoms with Crippen LogP contribution >= 0.6 is 0 Å². The fraction of sp³-hybridized carbons (Fsp3) is 0.409. The number of aromatic nitrogens is 3. The van der Waals surface area contributed by atoms with Gasteiger partial charge in [-0.25, -0.2) is 4.98 Å². The van der Waals surface area contributed by atoms with Crippen LogP contribution < -0.4 is 5.32 Å². The van der Waals surface area contributed by atoms with E-state index in [4.69, 9.17) is 9.72 Å². The summed E-state index contributed by atoms with van der Waals surface area (Å²) in [7, 11) is 0. The number of amides is 1. The maximum absolute atomic E-state index is 13.0. The van der Waals surface area contributed by atoms with Gasteiger partial charge in [0.1, 0.15) is 0 Å². The van der Waals surface area contributed by atoms with Crippen LogP contribution in [0.15, 0.2) is 36.5 Å². The molecule has 0 bridgehead atoms. The first kappa shape index (κ1) is 19.5. The molecule has 0 atom stereocenters. The lowest BCUT2D eigenvalue weighted by Crippen LogP contribution is -2.41. The number of para-hydroxylation sites is 1. The average Bonchev–Trinajstić information content (AvgIpc) is 3.14. The smallest absolute Gasteiger partial charge is 0.252 e. The van der Waals surface area contributed by atoms with Crippen LogP contribution in [0.25, 0.3) is 22.2 Å². The average molecular weight is 393 g/mol. The van der Waals surface area contributed by atoms with Crippen LogP contribution in [0.5, 0.6) is 0 Å². The van der Waals surface area contributed by atoms with Crippen molar-refractivity contribution in [2.45, 2.75) is 20.4 Å². The molecule has 0 aliphatic carbocycles. The second-order valence-electron chi connectivity index (χ2n) is 7.24. The highest BCUT2D eigenvalue weighted by Crippen LogP contribution is 2.27. The normalized spacial score (nSPS) is 15.0. The lowest BCUT2D eigenvalue weighted by molar-refractivity contribution is 0.0383. The molecule has 2 aromatic heterocycles. The van der Waals surface area contributed by atoms with Gasteiger partial charge in [0.2, 0.25) is 0 Å². The number of morpholine rings is 1. The van der Waals surface area contributed by atoms with Gasteiger partial charge in [-0.15, -0.1) is 0 Å². The first-order chi connectivity index (χ1) is 14.2. The number of ether oxygens (including phenoxy) is 1. The second kappa shape index (κ2) is 8.71. The summed E-state index contributed by atoms with van der Waals surface area (Å²) in [4.78, 5) is 20.1. The van der Waals surface area contributed by atoms with Crippen LogP contribution in [0.4, 0.5) is 0 Å². The van der Waals surface area contributed by atoms with Crippen LogP contribution in [0.1, 0.15) is 23.0 Å². The van der Waals surface area contributed by atoms with Crippen molar-refractivity contribution < 1.29 is 9.53 Å². The zero-order valence-corrected chi connectivity index (χ0v) is 17.0. The van der Waals surface area contributed by atoms with Gasteiger partial charge in [-0.2, -0.15) is 5.10 Å². The molecular weight excluding hydrogens is 366 g/mol. The number of benzene rings is 1. The minimum Gasteiger partial charge on any atom is -0.379 e. The number of nitrogens with zero attached hydrogens (tertiary/aromatic N) is 4. The van der Waals surface area contributed by atoms with Gasteiger partial charge in [0, 0.05) is 49.4 Å². The molecule has 1 amide bonds. The van der Waals surface area contributed by atoms with Crippen molar-refractivity contribution in [3.63, 3.8) is 0 Å². The van der Waals surface area contributed by atoms with E-state index in [0.717, 1.165) is 67.2 Å². The second-order valence-corrected chi connectivity index (χ2v) is 7.24. The zero-order chi connectivity index (χ0) is 20.2. The van der Waals surface area contributed by atoms with E-state index in [9.17, 15) is 4.79 Å². The van der Waals surface area contributed by atoms with Crippen molar-refractivity contribution in [1.82, 2.24) is 25.0 Å². The summed E-state index contributed by atoms with van der Waals surface area (Å²) in [6.45, 7) is 9.68. The van der Waals surface area contributed by atoms with Gasteiger partial charge in [0.15, 0.2) is 0 Å². The maximum Gasteiger partial charge on any atom is 0.252 e. The van der Waals surface area contributed by atoms with Crippen LogP contribution in [-0.4, -0.2) is 65.0 Å². The van der Waals surface area contributed by atoms with Crippen molar-refractivity contribution in [1.29, 1.82) is 0 Å². The fourth-order valence-corrected chi connectivity index (χ4v) is 3.77. The molecule has 0 radical (unpaired) electrons. The minimum absolute atomic E-state index is 0.0707. The van der Waals surface area contributed by atoms with Gasteiger partial charge >= 0.3 is 0 Å². The van der Waals surface area contributed by atoms with E-state index in [0.29, 0.717) is 12.1 Å². The van der Waals surface area contributed by atoms with E-state index < -0.39 is 0 Å². The summed E-state index contributed by atoms with van der Waals surface area (Å²) in [6, 6.07) is 9.67. The molecule has 3 heterocycles. The Kier molecular flexibility index (Phi) is 5.87. The number of nitrogens with one attached hydrogen (secondary N) is 1. The van der Waals surface area contributed by atoms with Crippen LogP contribution in [0.3, 0.4) is 0 Å². The molecule has 1 fully saturated rings. The molecular formula is C22H27N5O2. The molecule has 152 valence electrons. The Bertz CT molecular complexity index is 1010. The van der Waals surface area contributed by atoms with E-state index in [2.05, 4.69) is 22.2 Å². The third kappa shape index (κ3) is 4.16. The molecule has 1 N–H and O–H groups in total. The Balaban J connectivity index is 1.60. The molecule has 1 aliphatic rings. The predicted octanol–water partition coefficient (Wildman–Crippen LogP) is 2.49. The lowest BCUT2D eigenvalue weighted by atomic mass is 10.0. The van der Waals surface area contributed by atoms with Crippen molar-refractivity contribution >= 4 is 16.8 Å². The van der Waals surface area contributed by atoms with Gasteiger partial charge in [-0.1, -0.05) is 18.2 Å². The Labute approximate surface area is 170 Å². The Morgan fingerprint density at radius 3 is 2.79 bits per heavy atom. The quantitative estimate of drug-likeness (QED) is 0.697. The van der Waals surface area contributed by atoms with E-state index in [1.807, 2.05) is 48.1 Å². The molecule has 7 heteroatoms. The summed E-state index contributed by atoms with van der Waals surface area (Å²) in [6.07, 6.45) is 1.83. The molecule has 29 heavy (non-hydrogen) atoms. The zero-order valence-electron chi connectivity index (χ0n) is 17.0. The highest BCUT2D eigenvalue weighted by atomic mass is 16.5. The van der Waals surface area contributed by atoms with Crippen LogP contribution in [0.2, 0.25) is 0 Å². The topological polar surface area (TPSA) is 72.3 Å². The predicted molar refractivity (Wildman–Crippen MR) is 113 cm³/mol. The van der Waals surface area contributed by atoms with Gasteiger partial charge in [-0.3, -0.25) is 14.4 Å². The van der Waals surface area contributed by atoms with E-state index in [1.165, 1.54) is 0 Å².